The van der Waals surface area contributed by atoms with Crippen LogP contribution in [0.5, 0.6) is 29.1 Å². The van der Waals surface area contributed by atoms with E-state index in [4.69, 9.17) is 18.9 Å². The van der Waals surface area contributed by atoms with E-state index in [2.05, 4.69) is 40.6 Å². The van der Waals surface area contributed by atoms with Crippen molar-refractivity contribution in [3.8, 4) is 29.1 Å². The monoisotopic (exact) mass is 600 g/mol. The molecule has 0 saturated heterocycles. The van der Waals surface area contributed by atoms with E-state index < -0.39 is 34.6 Å². The smallest absolute Gasteiger partial charge is 0.422 e. The highest BCUT2D eigenvalue weighted by Crippen LogP contribution is 2.39. The number of nitrogens with zero attached hydrogens (tertiary/aromatic N) is 5. The first kappa shape index (κ1) is 29.9. The number of aromatic amines is 1. The van der Waals surface area contributed by atoms with Crippen LogP contribution in [-0.4, -0.2) is 70.5 Å². The molecule has 0 bridgehead atoms. The average molecular weight is 601 g/mol. The Kier molecular flexibility index (Phi) is 9.02. The zero-order valence-electron chi connectivity index (χ0n) is 23.0. The molecule has 2 aromatic heterocycles. The molecule has 0 radical (unpaired) electrons. The minimum absolute atomic E-state index is 0.0726. The van der Waals surface area contributed by atoms with Gasteiger partial charge >= 0.3 is 12.1 Å². The summed E-state index contributed by atoms with van der Waals surface area (Å²) in [5, 5.41) is 24.2. The number of tetrazole rings is 1. The van der Waals surface area contributed by atoms with Crippen molar-refractivity contribution >= 4 is 27.9 Å². The third-order valence-electron chi connectivity index (χ3n) is 5.41. The predicted molar refractivity (Wildman–Crippen MR) is 147 cm³/mol. The second kappa shape index (κ2) is 12.6. The molecule has 0 spiro atoms. The Balaban J connectivity index is 1.76. The highest BCUT2D eigenvalue weighted by atomic mass is 32.2. The Labute approximate surface area is 240 Å². The maximum atomic E-state index is 13.5. The Morgan fingerprint density at radius 3 is 2.45 bits per heavy atom. The number of carbonyl (C=O) groups excluding carboxylic acids is 1. The van der Waals surface area contributed by atoms with Crippen molar-refractivity contribution in [3.63, 3.8) is 0 Å². The summed E-state index contributed by atoms with van der Waals surface area (Å²) in [6, 6.07) is 12.1. The van der Waals surface area contributed by atoms with Crippen LogP contribution < -0.4 is 29.0 Å². The molecule has 2 aromatic carbocycles. The number of nitrogens with one attached hydrogen (secondary N) is 3. The first-order chi connectivity index (χ1) is 20.0. The van der Waals surface area contributed by atoms with Crippen LogP contribution in [0, 0.1) is 0 Å². The number of rotatable bonds is 11. The molecule has 0 aliphatic heterocycles. The van der Waals surface area contributed by atoms with Gasteiger partial charge in [-0.15, -0.1) is 5.10 Å². The molecule has 4 N–H and O–H groups in total. The van der Waals surface area contributed by atoms with Gasteiger partial charge < -0.3 is 24.1 Å². The third-order valence-corrected chi connectivity index (χ3v) is 6.76. The lowest BCUT2D eigenvalue weighted by molar-refractivity contribution is 0.188. The molecular weight excluding hydrogens is 572 g/mol. The van der Waals surface area contributed by atoms with E-state index in [-0.39, 0.29) is 40.2 Å². The summed E-state index contributed by atoms with van der Waals surface area (Å²) >= 11 is 0. The van der Waals surface area contributed by atoms with Crippen molar-refractivity contribution in [2.24, 2.45) is 0 Å². The summed E-state index contributed by atoms with van der Waals surface area (Å²) in [6.45, 7) is 5.32. The van der Waals surface area contributed by atoms with Gasteiger partial charge in [0.1, 0.15) is 18.1 Å². The van der Waals surface area contributed by atoms with Crippen molar-refractivity contribution in [1.82, 2.24) is 30.6 Å². The van der Waals surface area contributed by atoms with Crippen LogP contribution in [0.4, 0.5) is 16.6 Å². The van der Waals surface area contributed by atoms with Crippen molar-refractivity contribution in [3.05, 3.63) is 54.1 Å². The molecule has 0 aliphatic rings. The molecule has 16 nitrogen and oxygen atoms in total. The van der Waals surface area contributed by atoms with Crippen LogP contribution in [0.2, 0.25) is 0 Å². The Bertz CT molecular complexity index is 1630. The van der Waals surface area contributed by atoms with Crippen LogP contribution >= 0.6 is 0 Å². The number of anilines is 2. The zero-order valence-corrected chi connectivity index (χ0v) is 23.8. The second-order valence-electron chi connectivity index (χ2n) is 9.47. The lowest BCUT2D eigenvalue weighted by Crippen LogP contribution is -2.21. The van der Waals surface area contributed by atoms with E-state index in [1.54, 1.807) is 30.3 Å². The highest BCUT2D eigenvalue weighted by molar-refractivity contribution is 7.92. The summed E-state index contributed by atoms with van der Waals surface area (Å²) in [5.41, 5.74) is 0.724. The molecule has 4 rings (SSSR count). The van der Waals surface area contributed by atoms with Gasteiger partial charge in [0.15, 0.2) is 5.82 Å². The van der Waals surface area contributed by atoms with Crippen LogP contribution in [0.3, 0.4) is 0 Å². The maximum Gasteiger partial charge on any atom is 0.422 e. The summed E-state index contributed by atoms with van der Waals surface area (Å²) in [5.74, 6) is -0.587. The predicted octanol–water partition coefficient (Wildman–Crippen LogP) is 2.87. The minimum atomic E-state index is -4.27. The molecule has 17 heteroatoms. The third kappa shape index (κ3) is 7.58. The van der Waals surface area contributed by atoms with Gasteiger partial charge in [0.2, 0.25) is 5.75 Å². The van der Waals surface area contributed by atoms with Crippen molar-refractivity contribution in [2.45, 2.75) is 31.1 Å². The number of carbonyl (C=O) groups is 1. The normalized spacial score (nSPS) is 11.5. The molecule has 42 heavy (non-hydrogen) atoms. The number of methoxy groups -OCH3 is 1. The fraction of sp³-hybridized carbons (Fsp3) is 0.280. The number of H-pyrrole nitrogens is 1. The van der Waals surface area contributed by atoms with Gasteiger partial charge in [-0.2, -0.15) is 15.2 Å². The minimum Gasteiger partial charge on any atom is -0.497 e. The van der Waals surface area contributed by atoms with Crippen LogP contribution in [0.1, 0.15) is 26.3 Å². The molecule has 0 fully saturated rings. The van der Waals surface area contributed by atoms with Gasteiger partial charge in [-0.05, 0) is 40.5 Å². The molecule has 222 valence electrons. The molecule has 0 unspecified atom stereocenters. The fourth-order valence-corrected chi connectivity index (χ4v) is 4.38. The maximum absolute atomic E-state index is 13.5. The number of amides is 1. The van der Waals surface area contributed by atoms with Crippen LogP contribution in [0.25, 0.3) is 0 Å². The van der Waals surface area contributed by atoms with Crippen molar-refractivity contribution in [1.29, 1.82) is 0 Å². The number of sulfonamides is 1. The van der Waals surface area contributed by atoms with Crippen LogP contribution in [0.15, 0.2) is 53.4 Å². The van der Waals surface area contributed by atoms with E-state index in [1.807, 2.05) is 20.8 Å². The first-order valence-electron chi connectivity index (χ1n) is 12.3. The number of hydrogen-bond acceptors (Lipinski definition) is 13. The van der Waals surface area contributed by atoms with Gasteiger partial charge in [0.25, 0.3) is 21.9 Å². The number of aliphatic hydroxyl groups is 1. The van der Waals surface area contributed by atoms with Crippen molar-refractivity contribution in [2.75, 3.05) is 30.4 Å². The average Bonchev–Trinajstić information content (AvgIpc) is 3.46. The highest BCUT2D eigenvalue weighted by Gasteiger charge is 2.26. The van der Waals surface area contributed by atoms with E-state index >= 15 is 0 Å². The number of benzene rings is 2. The second-order valence-corrected chi connectivity index (χ2v) is 11.2. The summed E-state index contributed by atoms with van der Waals surface area (Å²) in [6.07, 6.45) is -1.11. The number of aliphatic hydroxyl groups excluding tert-OH is 1. The molecular formula is C25H28N8O8S. The topological polar surface area (TPSA) is 213 Å². The van der Waals surface area contributed by atoms with Crippen molar-refractivity contribution < 1.29 is 37.3 Å². The fourth-order valence-electron chi connectivity index (χ4n) is 3.37. The van der Waals surface area contributed by atoms with Gasteiger partial charge in [-0.3, -0.25) is 10.0 Å². The molecule has 1 amide bonds. The zero-order chi connectivity index (χ0) is 30.3. The quantitative estimate of drug-likeness (QED) is 0.195. The first-order valence-corrected chi connectivity index (χ1v) is 13.8. The van der Waals surface area contributed by atoms with Gasteiger partial charge in [-0.1, -0.05) is 44.1 Å². The molecule has 2 heterocycles. The largest absolute Gasteiger partial charge is 0.497 e. The number of ether oxygens (including phenoxy) is 4. The molecule has 0 saturated carbocycles. The van der Waals surface area contributed by atoms with Crippen LogP contribution in [-0.2, 0) is 15.4 Å². The SMILES string of the molecule is COc1cccc(Oc2c(NS(=O)(=O)c3ccc(C(C)(C)C)cc3)nc(OC(=O)Nc3nn[nH]n3)nc2OCCO)c1. The lowest BCUT2D eigenvalue weighted by Gasteiger charge is -2.19. The lowest BCUT2D eigenvalue weighted by atomic mass is 9.87. The Morgan fingerprint density at radius 2 is 1.81 bits per heavy atom. The number of hydrogen-bond donors (Lipinski definition) is 4. The molecule has 0 atom stereocenters. The summed E-state index contributed by atoms with van der Waals surface area (Å²) in [4.78, 5) is 20.4. The summed E-state index contributed by atoms with van der Waals surface area (Å²) < 4.78 is 51.1. The van der Waals surface area contributed by atoms with Gasteiger partial charge in [0, 0.05) is 6.07 Å². The van der Waals surface area contributed by atoms with E-state index in [9.17, 15) is 18.3 Å². The van der Waals surface area contributed by atoms with E-state index in [0.717, 1.165) is 5.56 Å². The van der Waals surface area contributed by atoms with E-state index in [0.29, 0.717) is 5.75 Å². The molecule has 0 aliphatic carbocycles. The van der Waals surface area contributed by atoms with Gasteiger partial charge in [0.05, 0.1) is 18.6 Å². The Morgan fingerprint density at radius 1 is 1.07 bits per heavy atom. The summed E-state index contributed by atoms with van der Waals surface area (Å²) in [7, 11) is -2.80. The standard InChI is InChI=1S/C25H28N8O8S/c1-25(2,3)15-8-10-18(11-9-15)42(36,37)31-20-19(40-17-7-5-6-16(14-17)38-4)21(39-13-12-34)27-23(26-20)41-24(35)28-22-29-32-33-30-22/h5-11,14,34H,12-13H2,1-4H3,(H,26,27,31)(H2,28,29,30,32,33,35). The number of aromatic nitrogens is 6. The van der Waals surface area contributed by atoms with E-state index in [1.165, 1.54) is 25.3 Å². The Hall–Kier alpha value is -5.03. The van der Waals surface area contributed by atoms with Gasteiger partial charge in [-0.25, -0.2) is 13.2 Å². The molecule has 4 aromatic rings.